The van der Waals surface area contributed by atoms with Crippen LogP contribution in [-0.2, 0) is 22.9 Å². The summed E-state index contributed by atoms with van der Waals surface area (Å²) in [6.45, 7) is 0. The van der Waals surface area contributed by atoms with Crippen molar-refractivity contribution in [2.45, 2.75) is 17.7 Å². The van der Waals surface area contributed by atoms with Crippen molar-refractivity contribution >= 4 is 26.5 Å². The normalized spacial score (nSPS) is 13.7. The van der Waals surface area contributed by atoms with Crippen molar-refractivity contribution in [3.63, 3.8) is 0 Å². The van der Waals surface area contributed by atoms with Gasteiger partial charge in [0.25, 0.3) is 10.0 Å². The summed E-state index contributed by atoms with van der Waals surface area (Å²) in [6.07, 6.45) is 4.91. The molecule has 2 N–H and O–H groups in total. The van der Waals surface area contributed by atoms with E-state index in [1.165, 1.54) is 23.5 Å². The quantitative estimate of drug-likeness (QED) is 0.780. The molecule has 0 bridgehead atoms. The Morgan fingerprint density at radius 2 is 1.90 bits per heavy atom. The van der Waals surface area contributed by atoms with Gasteiger partial charge in [-0.3, -0.25) is 9.82 Å². The molecule has 0 amide bonds. The molecular weight excluding hydrogens is 286 g/mol. The van der Waals surface area contributed by atoms with E-state index in [1.54, 1.807) is 6.07 Å². The van der Waals surface area contributed by atoms with Crippen molar-refractivity contribution in [2.24, 2.45) is 0 Å². The zero-order chi connectivity index (χ0) is 14.4. The van der Waals surface area contributed by atoms with E-state index < -0.39 is 10.0 Å². The van der Waals surface area contributed by atoms with Crippen molar-refractivity contribution in [1.82, 2.24) is 10.2 Å². The van der Waals surface area contributed by atoms with Crippen LogP contribution in [0.1, 0.15) is 11.1 Å². The van der Waals surface area contributed by atoms with Crippen LogP contribution in [0.3, 0.4) is 0 Å². The third-order valence-corrected chi connectivity index (χ3v) is 5.32. The first-order chi connectivity index (χ1) is 10.1. The Morgan fingerprint density at radius 3 is 2.67 bits per heavy atom. The zero-order valence-electron chi connectivity index (χ0n) is 11.1. The standard InChI is InChI=1S/C15H13N3O2S/c19-21(20,18-12-8-16-17-9-12)14-7-6-11-5-4-10-2-1-3-13(14)15(10)11/h1-3,6-9,18H,4-5H2,(H,16,17). The van der Waals surface area contributed by atoms with Crippen LogP contribution in [0, 0.1) is 0 Å². The van der Waals surface area contributed by atoms with Crippen molar-refractivity contribution in [2.75, 3.05) is 4.72 Å². The Kier molecular flexibility index (Phi) is 2.56. The predicted octanol–water partition coefficient (Wildman–Crippen LogP) is 2.46. The van der Waals surface area contributed by atoms with Crippen molar-refractivity contribution in [3.05, 3.63) is 53.9 Å². The average Bonchev–Trinajstić information content (AvgIpc) is 3.10. The minimum absolute atomic E-state index is 0.311. The molecule has 6 heteroatoms. The van der Waals surface area contributed by atoms with E-state index in [4.69, 9.17) is 0 Å². The van der Waals surface area contributed by atoms with Crippen LogP contribution in [0.4, 0.5) is 5.69 Å². The van der Waals surface area contributed by atoms with Crippen LogP contribution in [0.2, 0.25) is 0 Å². The number of aromatic amines is 1. The lowest BCUT2D eigenvalue weighted by Gasteiger charge is -2.10. The fraction of sp³-hybridized carbons (Fsp3) is 0.133. The second-order valence-corrected chi connectivity index (χ2v) is 6.81. The van der Waals surface area contributed by atoms with E-state index in [0.717, 1.165) is 23.6 Å². The minimum atomic E-state index is -3.63. The molecule has 21 heavy (non-hydrogen) atoms. The first-order valence-corrected chi connectivity index (χ1v) is 8.18. The highest BCUT2D eigenvalue weighted by atomic mass is 32.2. The fourth-order valence-corrected chi connectivity index (χ4v) is 4.21. The number of nitrogens with one attached hydrogen (secondary N) is 2. The molecule has 1 aliphatic rings. The Morgan fingerprint density at radius 1 is 1.10 bits per heavy atom. The lowest BCUT2D eigenvalue weighted by atomic mass is 10.1. The molecule has 106 valence electrons. The lowest BCUT2D eigenvalue weighted by Crippen LogP contribution is -2.13. The first kappa shape index (κ1) is 12.4. The van der Waals surface area contributed by atoms with Crippen LogP contribution in [0.25, 0.3) is 10.8 Å². The Bertz CT molecular complexity index is 921. The molecule has 3 aromatic rings. The second-order valence-electron chi connectivity index (χ2n) is 5.15. The van der Waals surface area contributed by atoms with Gasteiger partial charge in [-0.2, -0.15) is 5.10 Å². The molecule has 0 unspecified atom stereocenters. The number of aromatic nitrogens is 2. The summed E-state index contributed by atoms with van der Waals surface area (Å²) in [5.41, 5.74) is 2.88. The maximum Gasteiger partial charge on any atom is 0.262 e. The number of benzene rings is 2. The van der Waals surface area contributed by atoms with Gasteiger partial charge in [0.2, 0.25) is 0 Å². The van der Waals surface area contributed by atoms with Gasteiger partial charge in [0.1, 0.15) is 0 Å². The fourth-order valence-electron chi connectivity index (χ4n) is 2.97. The van der Waals surface area contributed by atoms with Gasteiger partial charge in [-0.1, -0.05) is 24.3 Å². The van der Waals surface area contributed by atoms with Gasteiger partial charge in [0.15, 0.2) is 0 Å². The monoisotopic (exact) mass is 299 g/mol. The van der Waals surface area contributed by atoms with E-state index in [9.17, 15) is 8.42 Å². The molecule has 4 rings (SSSR count). The highest BCUT2D eigenvalue weighted by Gasteiger charge is 2.22. The number of aryl methyl sites for hydroxylation is 2. The van der Waals surface area contributed by atoms with E-state index in [1.807, 2.05) is 18.2 Å². The maximum atomic E-state index is 12.6. The van der Waals surface area contributed by atoms with Crippen LogP contribution >= 0.6 is 0 Å². The third kappa shape index (κ3) is 1.91. The Balaban J connectivity index is 1.92. The largest absolute Gasteiger partial charge is 0.284 e. The molecule has 0 radical (unpaired) electrons. The molecule has 1 heterocycles. The SMILES string of the molecule is O=S(=O)(Nc1cn[nH]c1)c1ccc2c3c(cccc13)CC2. The summed E-state index contributed by atoms with van der Waals surface area (Å²) >= 11 is 0. The Hall–Kier alpha value is -2.34. The van der Waals surface area contributed by atoms with Crippen LogP contribution < -0.4 is 4.72 Å². The molecule has 0 saturated heterocycles. The number of H-pyrrole nitrogens is 1. The first-order valence-electron chi connectivity index (χ1n) is 6.70. The molecule has 1 aliphatic carbocycles. The summed E-state index contributed by atoms with van der Waals surface area (Å²) in [5.74, 6) is 0. The lowest BCUT2D eigenvalue weighted by molar-refractivity contribution is 0.602. The zero-order valence-corrected chi connectivity index (χ0v) is 11.9. The summed E-state index contributed by atoms with van der Waals surface area (Å²) < 4.78 is 27.8. The molecule has 0 aliphatic heterocycles. The summed E-state index contributed by atoms with van der Waals surface area (Å²) in [7, 11) is -3.63. The summed E-state index contributed by atoms with van der Waals surface area (Å²) in [6, 6.07) is 9.47. The van der Waals surface area contributed by atoms with Gasteiger partial charge < -0.3 is 0 Å². The Labute approximate surface area is 122 Å². The average molecular weight is 299 g/mol. The van der Waals surface area contributed by atoms with E-state index in [0.29, 0.717) is 10.6 Å². The van der Waals surface area contributed by atoms with Crippen LogP contribution in [0.5, 0.6) is 0 Å². The van der Waals surface area contributed by atoms with Gasteiger partial charge in [-0.25, -0.2) is 8.42 Å². The van der Waals surface area contributed by atoms with Gasteiger partial charge in [0, 0.05) is 11.6 Å². The predicted molar refractivity (Wildman–Crippen MR) is 80.8 cm³/mol. The van der Waals surface area contributed by atoms with Crippen molar-refractivity contribution < 1.29 is 8.42 Å². The third-order valence-electron chi connectivity index (χ3n) is 3.88. The highest BCUT2D eigenvalue weighted by molar-refractivity contribution is 7.93. The molecule has 0 saturated carbocycles. The number of hydrogen-bond acceptors (Lipinski definition) is 3. The molecule has 1 aromatic heterocycles. The molecule has 5 nitrogen and oxygen atoms in total. The van der Waals surface area contributed by atoms with Crippen molar-refractivity contribution in [3.8, 4) is 0 Å². The van der Waals surface area contributed by atoms with Crippen LogP contribution in [-0.4, -0.2) is 18.6 Å². The molecule has 0 fully saturated rings. The second kappa shape index (κ2) is 4.33. The number of sulfonamides is 1. The molecule has 2 aromatic carbocycles. The summed E-state index contributed by atoms with van der Waals surface area (Å²) in [4.78, 5) is 0.311. The van der Waals surface area contributed by atoms with Gasteiger partial charge >= 0.3 is 0 Å². The molecule has 0 atom stereocenters. The number of nitrogens with zero attached hydrogens (tertiary/aromatic N) is 1. The molecular formula is C15H13N3O2S. The van der Waals surface area contributed by atoms with Gasteiger partial charge in [0.05, 0.1) is 16.8 Å². The smallest absolute Gasteiger partial charge is 0.262 e. The number of rotatable bonds is 3. The van der Waals surface area contributed by atoms with E-state index in [-0.39, 0.29) is 0 Å². The maximum absolute atomic E-state index is 12.6. The van der Waals surface area contributed by atoms with Crippen molar-refractivity contribution in [1.29, 1.82) is 0 Å². The number of anilines is 1. The van der Waals surface area contributed by atoms with Crippen LogP contribution in [0.15, 0.2) is 47.6 Å². The molecule has 0 spiro atoms. The highest BCUT2D eigenvalue weighted by Crippen LogP contribution is 2.34. The van der Waals surface area contributed by atoms with E-state index in [2.05, 4.69) is 21.0 Å². The van der Waals surface area contributed by atoms with E-state index >= 15 is 0 Å². The topological polar surface area (TPSA) is 74.8 Å². The van der Waals surface area contributed by atoms with Gasteiger partial charge in [-0.15, -0.1) is 0 Å². The number of hydrogen-bond donors (Lipinski definition) is 2. The minimum Gasteiger partial charge on any atom is -0.284 e. The van der Waals surface area contributed by atoms with Gasteiger partial charge in [-0.05, 0) is 35.4 Å². The summed E-state index contributed by atoms with van der Waals surface area (Å²) in [5, 5.41) is 8.22.